The van der Waals surface area contributed by atoms with Crippen LogP contribution in [0.25, 0.3) is 10.8 Å². The molecule has 0 saturated carbocycles. The lowest BCUT2D eigenvalue weighted by molar-refractivity contribution is 0.416. The van der Waals surface area contributed by atoms with E-state index < -0.39 is 0 Å². The molecule has 0 saturated heterocycles. The molecule has 0 unspecified atom stereocenters. The van der Waals surface area contributed by atoms with E-state index in [2.05, 4.69) is 15.9 Å². The Morgan fingerprint density at radius 2 is 1.58 bits per heavy atom. The Bertz CT molecular complexity index is 720. The number of rotatable bonds is 2. The van der Waals surface area contributed by atoms with E-state index in [-0.39, 0.29) is 5.75 Å². The largest absolute Gasteiger partial charge is 0.504 e. The van der Waals surface area contributed by atoms with E-state index in [4.69, 9.17) is 4.74 Å². The Balaban J connectivity index is 2.01. The molecule has 0 aromatic heterocycles. The Kier molecular flexibility index (Phi) is 3.13. The maximum Gasteiger partial charge on any atom is 0.169 e. The molecule has 0 amide bonds. The monoisotopic (exact) mass is 314 g/mol. The fourth-order valence-electron chi connectivity index (χ4n) is 1.95. The van der Waals surface area contributed by atoms with E-state index in [0.717, 1.165) is 15.2 Å². The summed E-state index contributed by atoms with van der Waals surface area (Å²) in [6.07, 6.45) is 0. The summed E-state index contributed by atoms with van der Waals surface area (Å²) < 4.78 is 6.69. The van der Waals surface area contributed by atoms with E-state index in [1.54, 1.807) is 6.07 Å². The average molecular weight is 315 g/mol. The third kappa shape index (κ3) is 2.42. The second-order valence-electron chi connectivity index (χ2n) is 4.19. The van der Waals surface area contributed by atoms with Crippen molar-refractivity contribution < 1.29 is 9.84 Å². The lowest BCUT2D eigenvalue weighted by atomic mass is 10.1. The van der Waals surface area contributed by atoms with Crippen LogP contribution in [0.1, 0.15) is 0 Å². The van der Waals surface area contributed by atoms with Crippen molar-refractivity contribution in [3.63, 3.8) is 0 Å². The van der Waals surface area contributed by atoms with Crippen molar-refractivity contribution in [3.8, 4) is 17.2 Å². The minimum absolute atomic E-state index is 0.168. The zero-order valence-electron chi connectivity index (χ0n) is 10.0. The predicted molar refractivity (Wildman–Crippen MR) is 79.8 cm³/mol. The van der Waals surface area contributed by atoms with Crippen molar-refractivity contribution >= 4 is 26.7 Å². The quantitative estimate of drug-likeness (QED) is 0.713. The number of fused-ring (bicyclic) bond motifs is 1. The molecule has 19 heavy (non-hydrogen) atoms. The van der Waals surface area contributed by atoms with Crippen molar-refractivity contribution in [2.75, 3.05) is 0 Å². The topological polar surface area (TPSA) is 29.5 Å². The average Bonchev–Trinajstić information content (AvgIpc) is 2.45. The molecule has 0 aliphatic rings. The molecule has 0 aliphatic heterocycles. The van der Waals surface area contributed by atoms with Crippen molar-refractivity contribution in [2.45, 2.75) is 0 Å². The van der Waals surface area contributed by atoms with Crippen LogP contribution in [0.3, 0.4) is 0 Å². The number of aromatic hydroxyl groups is 1. The summed E-state index contributed by atoms with van der Waals surface area (Å²) in [5.74, 6) is 1.32. The van der Waals surface area contributed by atoms with Crippen molar-refractivity contribution in [2.24, 2.45) is 0 Å². The molecule has 0 heterocycles. The van der Waals surface area contributed by atoms with E-state index in [1.165, 1.54) is 0 Å². The number of phenolic OH excluding ortho intramolecular Hbond substituents is 1. The first-order valence-corrected chi connectivity index (χ1v) is 6.67. The normalized spacial score (nSPS) is 10.6. The molecule has 3 aromatic carbocycles. The van der Waals surface area contributed by atoms with Crippen LogP contribution in [0.15, 0.2) is 65.1 Å². The van der Waals surface area contributed by atoms with Crippen LogP contribution in [0, 0.1) is 0 Å². The van der Waals surface area contributed by atoms with Gasteiger partial charge in [-0.1, -0.05) is 46.3 Å². The molecule has 0 bridgehead atoms. The van der Waals surface area contributed by atoms with Gasteiger partial charge in [-0.05, 0) is 35.7 Å². The standard InChI is InChI=1S/C16H11BrO2/c17-12-6-8-13(9-7-12)19-15-10-5-11-3-1-2-4-14(11)16(15)18/h1-10,18H. The molecule has 94 valence electrons. The Labute approximate surface area is 119 Å². The number of halogens is 1. The van der Waals surface area contributed by atoms with Gasteiger partial charge < -0.3 is 9.84 Å². The lowest BCUT2D eigenvalue weighted by Gasteiger charge is -2.09. The minimum Gasteiger partial charge on any atom is -0.504 e. The maximum atomic E-state index is 10.2. The van der Waals surface area contributed by atoms with Gasteiger partial charge in [0.15, 0.2) is 11.5 Å². The summed E-state index contributed by atoms with van der Waals surface area (Å²) >= 11 is 3.37. The molecular weight excluding hydrogens is 304 g/mol. The van der Waals surface area contributed by atoms with E-state index >= 15 is 0 Å². The third-order valence-corrected chi connectivity index (χ3v) is 3.43. The van der Waals surface area contributed by atoms with Gasteiger partial charge in [0.1, 0.15) is 5.75 Å². The molecular formula is C16H11BrO2. The number of ether oxygens (including phenoxy) is 1. The van der Waals surface area contributed by atoms with Gasteiger partial charge in [-0.2, -0.15) is 0 Å². The maximum absolute atomic E-state index is 10.2. The molecule has 0 aliphatic carbocycles. The highest BCUT2D eigenvalue weighted by atomic mass is 79.9. The van der Waals surface area contributed by atoms with Gasteiger partial charge in [-0.3, -0.25) is 0 Å². The van der Waals surface area contributed by atoms with Gasteiger partial charge in [0.25, 0.3) is 0 Å². The summed E-state index contributed by atoms with van der Waals surface area (Å²) in [4.78, 5) is 0. The first kappa shape index (κ1) is 12.1. The highest BCUT2D eigenvalue weighted by molar-refractivity contribution is 9.10. The molecule has 3 heteroatoms. The molecule has 1 N–H and O–H groups in total. The van der Waals surface area contributed by atoms with Gasteiger partial charge in [-0.25, -0.2) is 0 Å². The Morgan fingerprint density at radius 3 is 2.37 bits per heavy atom. The van der Waals surface area contributed by atoms with Gasteiger partial charge in [-0.15, -0.1) is 0 Å². The molecule has 0 spiro atoms. The van der Waals surface area contributed by atoms with E-state index in [0.29, 0.717) is 11.5 Å². The molecule has 3 aromatic rings. The van der Waals surface area contributed by atoms with Gasteiger partial charge in [0.2, 0.25) is 0 Å². The molecule has 0 atom stereocenters. The Hall–Kier alpha value is -2.00. The van der Waals surface area contributed by atoms with Crippen LogP contribution in [-0.4, -0.2) is 5.11 Å². The van der Waals surface area contributed by atoms with Crippen LogP contribution < -0.4 is 4.74 Å². The first-order valence-electron chi connectivity index (χ1n) is 5.88. The number of hydrogen-bond donors (Lipinski definition) is 1. The molecule has 0 fully saturated rings. The van der Waals surface area contributed by atoms with Crippen LogP contribution in [0.4, 0.5) is 0 Å². The Morgan fingerprint density at radius 1 is 0.842 bits per heavy atom. The zero-order valence-corrected chi connectivity index (χ0v) is 11.6. The third-order valence-electron chi connectivity index (χ3n) is 2.91. The summed E-state index contributed by atoms with van der Waals surface area (Å²) in [7, 11) is 0. The SMILES string of the molecule is Oc1c(Oc2ccc(Br)cc2)ccc2ccccc12. The molecule has 2 nitrogen and oxygen atoms in total. The van der Waals surface area contributed by atoms with Gasteiger partial charge in [0, 0.05) is 9.86 Å². The van der Waals surface area contributed by atoms with Crippen LogP contribution in [0.5, 0.6) is 17.2 Å². The first-order chi connectivity index (χ1) is 9.24. The van der Waals surface area contributed by atoms with Crippen LogP contribution >= 0.6 is 15.9 Å². The van der Waals surface area contributed by atoms with E-state index in [9.17, 15) is 5.11 Å². The van der Waals surface area contributed by atoms with Gasteiger partial charge in [0.05, 0.1) is 0 Å². The zero-order chi connectivity index (χ0) is 13.2. The number of benzene rings is 3. The second kappa shape index (κ2) is 4.94. The number of phenols is 1. The molecule has 0 radical (unpaired) electrons. The fourth-order valence-corrected chi connectivity index (χ4v) is 2.21. The van der Waals surface area contributed by atoms with E-state index in [1.807, 2.05) is 54.6 Å². The van der Waals surface area contributed by atoms with Crippen molar-refractivity contribution in [1.29, 1.82) is 0 Å². The fraction of sp³-hybridized carbons (Fsp3) is 0. The summed E-state index contributed by atoms with van der Waals surface area (Å²) in [5.41, 5.74) is 0. The summed E-state index contributed by atoms with van der Waals surface area (Å²) in [5, 5.41) is 12.0. The van der Waals surface area contributed by atoms with Crippen LogP contribution in [0.2, 0.25) is 0 Å². The highest BCUT2D eigenvalue weighted by Crippen LogP contribution is 2.37. The number of hydrogen-bond acceptors (Lipinski definition) is 2. The smallest absolute Gasteiger partial charge is 0.169 e. The summed E-state index contributed by atoms with van der Waals surface area (Å²) in [6.45, 7) is 0. The summed E-state index contributed by atoms with van der Waals surface area (Å²) in [6, 6.07) is 18.9. The van der Waals surface area contributed by atoms with Crippen molar-refractivity contribution in [1.82, 2.24) is 0 Å². The molecule has 3 rings (SSSR count). The van der Waals surface area contributed by atoms with Crippen LogP contribution in [-0.2, 0) is 0 Å². The minimum atomic E-state index is 0.168. The lowest BCUT2D eigenvalue weighted by Crippen LogP contribution is -1.85. The second-order valence-corrected chi connectivity index (χ2v) is 5.11. The predicted octanol–water partition coefficient (Wildman–Crippen LogP) is 5.10. The highest BCUT2D eigenvalue weighted by Gasteiger charge is 2.07. The van der Waals surface area contributed by atoms with Crippen molar-refractivity contribution in [3.05, 3.63) is 65.1 Å². The van der Waals surface area contributed by atoms with Gasteiger partial charge >= 0.3 is 0 Å².